The number of esters is 1. The molecule has 1 saturated carbocycles. The van der Waals surface area contributed by atoms with E-state index in [1.165, 1.54) is 22.3 Å². The molecule has 1 aromatic carbocycles. The fourth-order valence-electron chi connectivity index (χ4n) is 6.52. The summed E-state index contributed by atoms with van der Waals surface area (Å²) in [7, 11) is 0. The first-order valence-electron chi connectivity index (χ1n) is 11.2. The Kier molecular flexibility index (Phi) is 5.81. The molecule has 28 heavy (non-hydrogen) atoms. The van der Waals surface area contributed by atoms with Gasteiger partial charge in [-0.2, -0.15) is 0 Å². The Balaban J connectivity index is 1.82. The summed E-state index contributed by atoms with van der Waals surface area (Å²) in [6.45, 7) is 16.2. The molecule has 0 radical (unpaired) electrons. The van der Waals surface area contributed by atoms with E-state index in [0.29, 0.717) is 18.4 Å². The van der Waals surface area contributed by atoms with Gasteiger partial charge < -0.3 is 4.74 Å². The number of rotatable bonds is 7. The lowest BCUT2D eigenvalue weighted by Gasteiger charge is -2.40. The van der Waals surface area contributed by atoms with E-state index < -0.39 is 0 Å². The highest BCUT2D eigenvalue weighted by Crippen LogP contribution is 2.73. The van der Waals surface area contributed by atoms with Crippen LogP contribution >= 0.6 is 0 Å². The molecule has 5 atom stereocenters. The Bertz CT molecular complexity index is 759. The van der Waals surface area contributed by atoms with Crippen LogP contribution in [0.2, 0.25) is 0 Å². The summed E-state index contributed by atoms with van der Waals surface area (Å²) in [5.41, 5.74) is 5.76. The van der Waals surface area contributed by atoms with Gasteiger partial charge in [0.1, 0.15) is 0 Å². The number of ether oxygens (including phenoxy) is 1. The average molecular weight is 383 g/mol. The Morgan fingerprint density at radius 3 is 2.14 bits per heavy atom. The van der Waals surface area contributed by atoms with Crippen molar-refractivity contribution in [3.63, 3.8) is 0 Å². The summed E-state index contributed by atoms with van der Waals surface area (Å²) in [6.07, 6.45) is 4.37. The number of hydrogen-bond donors (Lipinski definition) is 0. The molecule has 2 bridgehead atoms. The average Bonchev–Trinajstić information content (AvgIpc) is 2.94. The van der Waals surface area contributed by atoms with Gasteiger partial charge in [-0.1, -0.05) is 63.1 Å². The van der Waals surface area contributed by atoms with Crippen LogP contribution < -0.4 is 0 Å². The highest BCUT2D eigenvalue weighted by atomic mass is 16.5. The predicted molar refractivity (Wildman–Crippen MR) is 116 cm³/mol. The normalized spacial score (nSPS) is 34.2. The fraction of sp³-hybridized carbons (Fsp3) is 0.654. The van der Waals surface area contributed by atoms with Crippen molar-refractivity contribution in [1.29, 1.82) is 0 Å². The van der Waals surface area contributed by atoms with E-state index in [1.807, 2.05) is 6.92 Å². The van der Waals surface area contributed by atoms with Crippen LogP contribution in [-0.2, 0) is 22.4 Å². The summed E-state index contributed by atoms with van der Waals surface area (Å²) < 4.78 is 5.58. The third-order valence-electron chi connectivity index (χ3n) is 8.75. The summed E-state index contributed by atoms with van der Waals surface area (Å²) in [6, 6.07) is 9.02. The van der Waals surface area contributed by atoms with Crippen molar-refractivity contribution >= 4 is 5.97 Å². The number of hydrogen-bond acceptors (Lipinski definition) is 2. The van der Waals surface area contributed by atoms with Crippen molar-refractivity contribution in [3.8, 4) is 0 Å². The Labute approximate surface area is 171 Å². The van der Waals surface area contributed by atoms with Gasteiger partial charge in [-0.3, -0.25) is 4.79 Å². The minimum atomic E-state index is -0.0709. The van der Waals surface area contributed by atoms with E-state index in [2.05, 4.69) is 65.8 Å². The molecular formula is C26H38O2. The molecule has 0 aliphatic heterocycles. The topological polar surface area (TPSA) is 26.3 Å². The molecular weight excluding hydrogens is 344 g/mol. The molecule has 2 nitrogen and oxygen atoms in total. The zero-order valence-corrected chi connectivity index (χ0v) is 18.9. The van der Waals surface area contributed by atoms with Crippen LogP contribution in [0.4, 0.5) is 0 Å². The third kappa shape index (κ3) is 2.95. The Hall–Kier alpha value is -1.57. The van der Waals surface area contributed by atoms with Crippen molar-refractivity contribution in [3.05, 3.63) is 46.5 Å². The maximum atomic E-state index is 13.0. The first-order chi connectivity index (χ1) is 13.2. The second-order valence-corrected chi connectivity index (χ2v) is 9.44. The number of aryl methyl sites for hydroxylation is 2. The maximum Gasteiger partial charge on any atom is 0.310 e. The molecule has 1 aromatic rings. The maximum absolute atomic E-state index is 13.0. The highest BCUT2D eigenvalue weighted by molar-refractivity contribution is 5.77. The molecule has 5 unspecified atom stereocenters. The molecule has 0 spiro atoms. The van der Waals surface area contributed by atoms with Crippen molar-refractivity contribution in [2.75, 3.05) is 6.61 Å². The second-order valence-electron chi connectivity index (χ2n) is 9.44. The van der Waals surface area contributed by atoms with Crippen LogP contribution in [0.25, 0.3) is 0 Å². The standard InChI is InChI=1S/C26H38O2/c1-8-20-13-15-21(16-14-20)11-10-12-22-23(24(27)28-9-2)26(7)18(4)17(3)25(22,6)19(26)5/h13-16,19,22-23H,8-12H2,1-7H3. The first kappa shape index (κ1) is 21.1. The van der Waals surface area contributed by atoms with Crippen LogP contribution in [0.3, 0.4) is 0 Å². The Morgan fingerprint density at radius 2 is 1.57 bits per heavy atom. The minimum absolute atomic E-state index is 0.0152. The van der Waals surface area contributed by atoms with E-state index in [1.54, 1.807) is 0 Å². The smallest absolute Gasteiger partial charge is 0.310 e. The van der Waals surface area contributed by atoms with Gasteiger partial charge in [-0.25, -0.2) is 0 Å². The van der Waals surface area contributed by atoms with Crippen LogP contribution in [0.5, 0.6) is 0 Å². The monoisotopic (exact) mass is 382 g/mol. The number of allylic oxidation sites excluding steroid dienone is 2. The molecule has 154 valence electrons. The van der Waals surface area contributed by atoms with Gasteiger partial charge in [0.25, 0.3) is 0 Å². The molecule has 1 fully saturated rings. The molecule has 2 aliphatic rings. The van der Waals surface area contributed by atoms with Gasteiger partial charge in [0.05, 0.1) is 12.5 Å². The lowest BCUT2D eigenvalue weighted by atomic mass is 9.64. The lowest BCUT2D eigenvalue weighted by Crippen LogP contribution is -2.39. The number of benzene rings is 1. The van der Waals surface area contributed by atoms with E-state index in [4.69, 9.17) is 4.74 Å². The highest BCUT2D eigenvalue weighted by Gasteiger charge is 2.69. The second kappa shape index (κ2) is 7.69. The van der Waals surface area contributed by atoms with E-state index >= 15 is 0 Å². The van der Waals surface area contributed by atoms with Gasteiger partial charge in [-0.15, -0.1) is 0 Å². The fourth-order valence-corrected chi connectivity index (χ4v) is 6.52. The lowest BCUT2D eigenvalue weighted by molar-refractivity contribution is -0.153. The zero-order valence-electron chi connectivity index (χ0n) is 18.9. The first-order valence-corrected chi connectivity index (χ1v) is 11.2. The summed E-state index contributed by atoms with van der Waals surface area (Å²) in [5.74, 6) is 0.844. The molecule has 0 amide bonds. The van der Waals surface area contributed by atoms with Crippen molar-refractivity contribution in [2.24, 2.45) is 28.6 Å². The molecule has 0 saturated heterocycles. The number of carbonyl (C=O) groups excluding carboxylic acids is 1. The SMILES string of the molecule is CCOC(=O)C1C(CCCc2ccc(CC)cc2)C2(C)C(C)=C(C)C1(C)C2C. The van der Waals surface area contributed by atoms with Crippen molar-refractivity contribution in [1.82, 2.24) is 0 Å². The molecule has 0 heterocycles. The quantitative estimate of drug-likeness (QED) is 0.404. The van der Waals surface area contributed by atoms with Gasteiger partial charge in [0, 0.05) is 5.41 Å². The third-order valence-corrected chi connectivity index (χ3v) is 8.75. The molecule has 2 heteroatoms. The summed E-state index contributed by atoms with van der Waals surface area (Å²) in [5, 5.41) is 0. The van der Waals surface area contributed by atoms with E-state index in [-0.39, 0.29) is 22.7 Å². The number of carbonyl (C=O) groups is 1. The van der Waals surface area contributed by atoms with Crippen LogP contribution in [0.15, 0.2) is 35.4 Å². The van der Waals surface area contributed by atoms with Gasteiger partial charge in [-0.05, 0) is 74.8 Å². The predicted octanol–water partition coefficient (Wildman–Crippen LogP) is 6.38. The van der Waals surface area contributed by atoms with Crippen LogP contribution in [0, 0.1) is 28.6 Å². The van der Waals surface area contributed by atoms with Crippen molar-refractivity contribution < 1.29 is 9.53 Å². The molecule has 3 rings (SSSR count). The molecule has 0 aromatic heterocycles. The van der Waals surface area contributed by atoms with E-state index in [0.717, 1.165) is 25.7 Å². The van der Waals surface area contributed by atoms with Gasteiger partial charge in [0.2, 0.25) is 0 Å². The van der Waals surface area contributed by atoms with Crippen LogP contribution in [-0.4, -0.2) is 12.6 Å². The van der Waals surface area contributed by atoms with Crippen LogP contribution in [0.1, 0.15) is 72.4 Å². The largest absolute Gasteiger partial charge is 0.466 e. The summed E-state index contributed by atoms with van der Waals surface area (Å²) in [4.78, 5) is 13.0. The van der Waals surface area contributed by atoms with Crippen molar-refractivity contribution in [2.45, 2.75) is 74.1 Å². The van der Waals surface area contributed by atoms with Gasteiger partial charge in [0.15, 0.2) is 0 Å². The summed E-state index contributed by atoms with van der Waals surface area (Å²) >= 11 is 0. The zero-order chi connectivity index (χ0) is 20.7. The minimum Gasteiger partial charge on any atom is -0.466 e. The molecule has 2 aliphatic carbocycles. The van der Waals surface area contributed by atoms with Gasteiger partial charge >= 0.3 is 5.97 Å². The Morgan fingerprint density at radius 1 is 1.00 bits per heavy atom. The molecule has 0 N–H and O–H groups in total. The number of fused-ring (bicyclic) bond motifs is 2. The van der Waals surface area contributed by atoms with E-state index in [9.17, 15) is 4.79 Å².